The molecule has 0 aromatic carbocycles. The molecule has 1 unspecified atom stereocenters. The van der Waals surface area contributed by atoms with Crippen LogP contribution in [0.4, 0.5) is 4.79 Å². The van der Waals surface area contributed by atoms with Gasteiger partial charge in [0.15, 0.2) is 17.7 Å². The minimum Gasteiger partial charge on any atom is -0.462 e. The molecule has 0 spiro atoms. The van der Waals surface area contributed by atoms with Gasteiger partial charge in [0.2, 0.25) is 0 Å². The van der Waals surface area contributed by atoms with Crippen molar-refractivity contribution in [3.05, 3.63) is 0 Å². The summed E-state index contributed by atoms with van der Waals surface area (Å²) in [5.74, 6) is -1.47. The summed E-state index contributed by atoms with van der Waals surface area (Å²) in [4.78, 5) is 24.4. The third kappa shape index (κ3) is 5.39. The number of esters is 1. The Morgan fingerprint density at radius 2 is 1.76 bits per heavy atom. The highest BCUT2D eigenvalue weighted by molar-refractivity contribution is 5.75. The predicted molar refractivity (Wildman–Crippen MR) is 103 cm³/mol. The number of hydrogen-bond acceptors (Lipinski definition) is 8. The number of aliphatic hydroxyl groups is 1. The first-order valence-electron chi connectivity index (χ1n) is 9.85. The minimum absolute atomic E-state index is 0.242. The van der Waals surface area contributed by atoms with E-state index < -0.39 is 59.0 Å². The number of fused-ring (bicyclic) bond motifs is 1. The molecule has 1 amide bonds. The van der Waals surface area contributed by atoms with Gasteiger partial charge in [-0.1, -0.05) is 0 Å². The van der Waals surface area contributed by atoms with E-state index in [9.17, 15) is 14.7 Å². The first-order valence-corrected chi connectivity index (χ1v) is 9.85. The zero-order valence-electron chi connectivity index (χ0n) is 18.8. The summed E-state index contributed by atoms with van der Waals surface area (Å²) in [6.07, 6.45) is -3.54. The lowest BCUT2D eigenvalue weighted by atomic mass is 9.92. The van der Waals surface area contributed by atoms with Gasteiger partial charge in [-0.15, -0.1) is 0 Å². The summed E-state index contributed by atoms with van der Waals surface area (Å²) in [6.45, 7) is 15.4. The summed E-state index contributed by atoms with van der Waals surface area (Å²) >= 11 is 0. The SMILES string of the molecule is C[C@H](NC(=O)OC(C)(C)C)[C@H]1OC(O)[C@@]2(COC(=O)C(C)(C)C)OC(C)(C)O[C@@H]12. The molecule has 0 saturated carbocycles. The lowest BCUT2D eigenvalue weighted by Crippen LogP contribution is -2.54. The maximum absolute atomic E-state index is 12.3. The Labute approximate surface area is 172 Å². The number of nitrogens with one attached hydrogen (secondary N) is 1. The van der Waals surface area contributed by atoms with E-state index in [0.29, 0.717) is 0 Å². The molecular weight excluding hydrogens is 382 g/mol. The van der Waals surface area contributed by atoms with E-state index in [1.165, 1.54) is 0 Å². The molecule has 0 aliphatic carbocycles. The van der Waals surface area contributed by atoms with Gasteiger partial charge >= 0.3 is 12.1 Å². The number of aliphatic hydroxyl groups excluding tert-OH is 1. The van der Waals surface area contributed by atoms with Gasteiger partial charge in [-0.3, -0.25) is 4.79 Å². The van der Waals surface area contributed by atoms with Crippen molar-refractivity contribution >= 4 is 12.1 Å². The molecule has 2 N–H and O–H groups in total. The largest absolute Gasteiger partial charge is 0.462 e. The first kappa shape index (κ1) is 23.9. The molecular formula is C20H35NO8. The van der Waals surface area contributed by atoms with E-state index in [4.69, 9.17) is 23.7 Å². The van der Waals surface area contributed by atoms with E-state index in [1.807, 2.05) is 0 Å². The van der Waals surface area contributed by atoms with Crippen LogP contribution in [0.15, 0.2) is 0 Å². The zero-order chi connectivity index (χ0) is 22.4. The number of hydrogen-bond donors (Lipinski definition) is 2. The highest BCUT2D eigenvalue weighted by Crippen LogP contribution is 2.47. The van der Waals surface area contributed by atoms with E-state index in [0.717, 1.165) is 0 Å². The van der Waals surface area contributed by atoms with Crippen molar-refractivity contribution in [3.8, 4) is 0 Å². The molecule has 2 heterocycles. The Bertz CT molecular complexity index is 635. The standard InChI is InChI=1S/C20H35NO8/c1-11(21-16(24)28-18(5,6)7)12-13-20(15(23)26-12,29-19(8,9)27-13)10-25-14(22)17(2,3)4/h11-13,15,23H,10H2,1-9H3,(H,21,24)/t11-,12+,13-,15?,20-/m0/s1. The molecule has 168 valence electrons. The second-order valence-corrected chi connectivity index (χ2v) is 10.2. The normalized spacial score (nSPS) is 32.4. The molecule has 2 aliphatic heterocycles. The average Bonchev–Trinajstić information content (AvgIpc) is 2.91. The van der Waals surface area contributed by atoms with Crippen LogP contribution in [0, 0.1) is 5.41 Å². The molecule has 2 fully saturated rings. The Balaban J connectivity index is 2.17. The molecule has 9 heteroatoms. The summed E-state index contributed by atoms with van der Waals surface area (Å²) in [6, 6.07) is -0.567. The Kier molecular flexibility index (Phi) is 6.32. The van der Waals surface area contributed by atoms with Gasteiger partial charge in [-0.25, -0.2) is 4.79 Å². The van der Waals surface area contributed by atoms with E-state index in [1.54, 1.807) is 62.3 Å². The number of carbonyl (C=O) groups is 2. The topological polar surface area (TPSA) is 113 Å². The summed E-state index contributed by atoms with van der Waals surface area (Å²) in [5.41, 5.74) is -2.77. The van der Waals surface area contributed by atoms with Gasteiger partial charge in [-0.05, 0) is 62.3 Å². The summed E-state index contributed by atoms with van der Waals surface area (Å²) in [7, 11) is 0. The van der Waals surface area contributed by atoms with Crippen molar-refractivity contribution in [2.45, 2.75) is 104 Å². The molecule has 5 atom stereocenters. The lowest BCUT2D eigenvalue weighted by Gasteiger charge is -2.30. The van der Waals surface area contributed by atoms with Crippen molar-refractivity contribution in [2.24, 2.45) is 5.41 Å². The summed E-state index contributed by atoms with van der Waals surface area (Å²) in [5, 5.41) is 13.4. The van der Waals surface area contributed by atoms with Crippen LogP contribution < -0.4 is 5.32 Å². The van der Waals surface area contributed by atoms with Crippen LogP contribution >= 0.6 is 0 Å². The fourth-order valence-electron chi connectivity index (χ4n) is 3.35. The van der Waals surface area contributed by atoms with Gasteiger partial charge in [0, 0.05) is 0 Å². The Morgan fingerprint density at radius 1 is 1.17 bits per heavy atom. The fraction of sp³-hybridized carbons (Fsp3) is 0.900. The zero-order valence-corrected chi connectivity index (χ0v) is 18.8. The monoisotopic (exact) mass is 417 g/mol. The third-order valence-corrected chi connectivity index (χ3v) is 4.61. The van der Waals surface area contributed by atoms with Crippen molar-refractivity contribution < 1.29 is 38.4 Å². The van der Waals surface area contributed by atoms with Crippen LogP contribution in [0.2, 0.25) is 0 Å². The maximum Gasteiger partial charge on any atom is 0.407 e. The second-order valence-electron chi connectivity index (χ2n) is 10.2. The highest BCUT2D eigenvalue weighted by Gasteiger charge is 2.67. The van der Waals surface area contributed by atoms with Crippen LogP contribution in [0.25, 0.3) is 0 Å². The van der Waals surface area contributed by atoms with Crippen molar-refractivity contribution in [2.75, 3.05) is 6.61 Å². The van der Waals surface area contributed by atoms with Gasteiger partial charge in [0.05, 0.1) is 11.5 Å². The Hall–Kier alpha value is -1.42. The minimum atomic E-state index is -1.41. The van der Waals surface area contributed by atoms with E-state index in [-0.39, 0.29) is 6.61 Å². The third-order valence-electron chi connectivity index (χ3n) is 4.61. The van der Waals surface area contributed by atoms with Crippen molar-refractivity contribution in [1.82, 2.24) is 5.32 Å². The molecule has 29 heavy (non-hydrogen) atoms. The van der Waals surface area contributed by atoms with Gasteiger partial charge in [-0.2, -0.15) is 0 Å². The second kappa shape index (κ2) is 7.68. The molecule has 2 saturated heterocycles. The van der Waals surface area contributed by atoms with Crippen molar-refractivity contribution in [1.29, 1.82) is 0 Å². The molecule has 2 rings (SSSR count). The Morgan fingerprint density at radius 3 is 2.28 bits per heavy atom. The fourth-order valence-corrected chi connectivity index (χ4v) is 3.35. The smallest absolute Gasteiger partial charge is 0.407 e. The van der Waals surface area contributed by atoms with Crippen LogP contribution in [0.5, 0.6) is 0 Å². The molecule has 0 aromatic heterocycles. The number of ether oxygens (including phenoxy) is 5. The van der Waals surface area contributed by atoms with Crippen molar-refractivity contribution in [3.63, 3.8) is 0 Å². The molecule has 2 aliphatic rings. The summed E-state index contributed by atoms with van der Waals surface area (Å²) < 4.78 is 28.4. The quantitative estimate of drug-likeness (QED) is 0.669. The van der Waals surface area contributed by atoms with E-state index in [2.05, 4.69) is 5.32 Å². The predicted octanol–water partition coefficient (Wildman–Crippen LogP) is 2.10. The maximum atomic E-state index is 12.3. The van der Waals surface area contributed by atoms with Crippen LogP contribution in [-0.2, 0) is 28.5 Å². The molecule has 0 aromatic rings. The van der Waals surface area contributed by atoms with Gasteiger partial charge in [0.1, 0.15) is 24.4 Å². The van der Waals surface area contributed by atoms with E-state index >= 15 is 0 Å². The number of alkyl carbamates (subject to hydrolysis) is 1. The molecule has 9 nitrogen and oxygen atoms in total. The van der Waals surface area contributed by atoms with Gasteiger partial charge < -0.3 is 34.1 Å². The lowest BCUT2D eigenvalue weighted by molar-refractivity contribution is -0.256. The van der Waals surface area contributed by atoms with Crippen LogP contribution in [0.1, 0.15) is 62.3 Å². The number of rotatable bonds is 4. The number of amides is 1. The molecule has 0 bridgehead atoms. The highest BCUT2D eigenvalue weighted by atomic mass is 16.8. The molecule has 0 radical (unpaired) electrons. The van der Waals surface area contributed by atoms with Crippen LogP contribution in [0.3, 0.4) is 0 Å². The first-order chi connectivity index (χ1) is 13.0. The van der Waals surface area contributed by atoms with Gasteiger partial charge in [0.25, 0.3) is 0 Å². The number of carbonyl (C=O) groups excluding carboxylic acids is 2. The average molecular weight is 417 g/mol. The van der Waals surface area contributed by atoms with Crippen LogP contribution in [-0.4, -0.2) is 65.3 Å².